The molecule has 1 aliphatic rings. The van der Waals surface area contributed by atoms with E-state index in [0.717, 1.165) is 19.2 Å². The Balaban J connectivity index is 2.30. The Bertz CT molecular complexity index is 718. The molecule has 0 bridgehead atoms. The lowest BCUT2D eigenvalue weighted by Crippen LogP contribution is -2.58. The average Bonchev–Trinajstić information content (AvgIpc) is 2.73. The number of aromatic nitrogens is 2. The number of ether oxygens (including phenoxy) is 2. The zero-order chi connectivity index (χ0) is 18.8. The van der Waals surface area contributed by atoms with E-state index >= 15 is 0 Å². The number of amides is 1. The van der Waals surface area contributed by atoms with Gasteiger partial charge in [0, 0.05) is 6.20 Å². The summed E-state index contributed by atoms with van der Waals surface area (Å²) in [5.74, 6) is -2.85. The van der Waals surface area contributed by atoms with Gasteiger partial charge in [-0.2, -0.15) is 4.98 Å². The van der Waals surface area contributed by atoms with Gasteiger partial charge in [-0.25, -0.2) is 14.2 Å². The van der Waals surface area contributed by atoms with E-state index < -0.39 is 42.1 Å². The quantitative estimate of drug-likeness (QED) is 0.378. The Morgan fingerprint density at radius 1 is 1.60 bits per heavy atom. The van der Waals surface area contributed by atoms with Crippen LogP contribution in [0, 0.1) is 0 Å². The van der Waals surface area contributed by atoms with Crippen LogP contribution in [0.2, 0.25) is 0 Å². The van der Waals surface area contributed by atoms with Crippen molar-refractivity contribution in [3.63, 3.8) is 0 Å². The van der Waals surface area contributed by atoms with Crippen LogP contribution < -0.4 is 11.0 Å². The second-order valence-electron chi connectivity index (χ2n) is 5.52. The zero-order valence-corrected chi connectivity index (χ0v) is 13.3. The lowest BCUT2D eigenvalue weighted by atomic mass is 9.94. The number of carbonyl (C=O) groups excluding carboxylic acids is 1. The first kappa shape index (κ1) is 19.0. The predicted molar refractivity (Wildman–Crippen MR) is 82.4 cm³/mol. The van der Waals surface area contributed by atoms with Crippen LogP contribution in [-0.2, 0) is 15.4 Å². The Kier molecular flexibility index (Phi) is 5.25. The van der Waals surface area contributed by atoms with Gasteiger partial charge in [-0.1, -0.05) is 12.7 Å². The number of aliphatic hydroxyl groups excluding tert-OH is 2. The molecule has 4 atom stereocenters. The zero-order valence-electron chi connectivity index (χ0n) is 13.3. The fourth-order valence-electron chi connectivity index (χ4n) is 2.37. The van der Waals surface area contributed by atoms with Crippen LogP contribution in [0.1, 0.15) is 6.92 Å². The number of hydrogen-bond acceptors (Lipinski definition) is 9. The van der Waals surface area contributed by atoms with Gasteiger partial charge in [-0.15, -0.1) is 0 Å². The fraction of sp³-hybridized carbons (Fsp3) is 0.500. The Morgan fingerprint density at radius 3 is 2.80 bits per heavy atom. The number of nitrogens with one attached hydrogen (secondary N) is 1. The second-order valence-corrected chi connectivity index (χ2v) is 5.52. The summed E-state index contributed by atoms with van der Waals surface area (Å²) in [6.07, 6.45) is -1.51. The third-order valence-corrected chi connectivity index (χ3v) is 3.78. The Morgan fingerprint density at radius 2 is 2.28 bits per heavy atom. The molecule has 1 fully saturated rings. The molecule has 1 aliphatic heterocycles. The predicted octanol–water partition coefficient (Wildman–Crippen LogP) is -1.92. The fourth-order valence-corrected chi connectivity index (χ4v) is 2.37. The molecule has 1 saturated heterocycles. The lowest BCUT2D eigenvalue weighted by Gasteiger charge is -2.35. The van der Waals surface area contributed by atoms with Crippen molar-refractivity contribution in [1.29, 1.82) is 0 Å². The second kappa shape index (κ2) is 6.90. The number of anilines is 1. The summed E-state index contributed by atoms with van der Waals surface area (Å²) in [5.41, 5.74) is -3.40. The summed E-state index contributed by atoms with van der Waals surface area (Å²) in [4.78, 5) is 27.1. The highest BCUT2D eigenvalue weighted by molar-refractivity contribution is 5.83. The molecule has 2 rings (SSSR count). The van der Waals surface area contributed by atoms with E-state index in [4.69, 9.17) is 9.84 Å². The minimum Gasteiger partial charge on any atom is -0.445 e. The highest BCUT2D eigenvalue weighted by Crippen LogP contribution is 2.40. The number of rotatable bonds is 5. The first-order chi connectivity index (χ1) is 11.7. The summed E-state index contributed by atoms with van der Waals surface area (Å²) in [5, 5.41) is 42.2. The van der Waals surface area contributed by atoms with Crippen LogP contribution >= 0.6 is 0 Å². The number of aliphatic hydroxyl groups is 4. The largest absolute Gasteiger partial charge is 0.445 e. The molecule has 0 saturated carbocycles. The van der Waals surface area contributed by atoms with E-state index in [9.17, 15) is 24.9 Å². The van der Waals surface area contributed by atoms with Gasteiger partial charge in [-0.3, -0.25) is 5.32 Å². The van der Waals surface area contributed by atoms with Crippen molar-refractivity contribution in [2.24, 2.45) is 0 Å². The van der Waals surface area contributed by atoms with Crippen molar-refractivity contribution in [2.75, 3.05) is 18.5 Å². The number of nitrogens with zero attached hydrogens (tertiary/aromatic N) is 2. The SMILES string of the molecule is C=CCOC(=O)Nc1ccn([C@]2(O)O[C@H](CO)[C@@H](O)[C@@]2(C)O)c(=O)n1. The van der Waals surface area contributed by atoms with Crippen molar-refractivity contribution in [3.8, 4) is 0 Å². The molecule has 0 spiro atoms. The maximum absolute atomic E-state index is 12.2. The van der Waals surface area contributed by atoms with Gasteiger partial charge in [0.05, 0.1) is 6.61 Å². The standard InChI is InChI=1S/C14H19N3O8/c1-3-6-24-12(21)16-9-4-5-17(11(20)15-9)14(23)13(2,22)10(19)8(7-18)25-14/h3-5,8,10,18-19,22-23H,1,6-7H2,2H3,(H,15,16,20,21)/t8-,10-,13-,14-/m1/s1. The molecule has 1 aromatic rings. The van der Waals surface area contributed by atoms with Crippen LogP contribution in [0.5, 0.6) is 0 Å². The summed E-state index contributed by atoms with van der Waals surface area (Å²) < 4.78 is 10.3. The molecular formula is C14H19N3O8. The van der Waals surface area contributed by atoms with Gasteiger partial charge >= 0.3 is 11.8 Å². The van der Waals surface area contributed by atoms with Crippen molar-refractivity contribution in [2.45, 2.75) is 30.6 Å². The molecule has 0 unspecified atom stereocenters. The van der Waals surface area contributed by atoms with Gasteiger partial charge in [0.25, 0.3) is 5.91 Å². The summed E-state index contributed by atoms with van der Waals surface area (Å²) in [6.45, 7) is 3.67. The van der Waals surface area contributed by atoms with Crippen LogP contribution in [0.25, 0.3) is 0 Å². The number of hydrogen-bond donors (Lipinski definition) is 5. The summed E-state index contributed by atoms with van der Waals surface area (Å²) in [7, 11) is 0. The van der Waals surface area contributed by atoms with Gasteiger partial charge in [0.2, 0.25) is 0 Å². The molecule has 1 aromatic heterocycles. The Hall–Kier alpha value is -2.31. The first-order valence-electron chi connectivity index (χ1n) is 7.23. The maximum atomic E-state index is 12.2. The van der Waals surface area contributed by atoms with E-state index in [1.807, 2.05) is 0 Å². The third kappa shape index (κ3) is 3.27. The summed E-state index contributed by atoms with van der Waals surface area (Å²) in [6, 6.07) is 1.15. The van der Waals surface area contributed by atoms with Crippen LogP contribution in [0.4, 0.5) is 10.6 Å². The normalized spacial score (nSPS) is 31.6. The molecule has 5 N–H and O–H groups in total. The first-order valence-corrected chi connectivity index (χ1v) is 7.23. The smallest absolute Gasteiger partial charge is 0.413 e. The number of carbonyl (C=O) groups is 1. The molecular weight excluding hydrogens is 338 g/mol. The third-order valence-electron chi connectivity index (χ3n) is 3.78. The van der Waals surface area contributed by atoms with Gasteiger partial charge < -0.3 is 29.9 Å². The van der Waals surface area contributed by atoms with E-state index in [0.29, 0.717) is 4.57 Å². The van der Waals surface area contributed by atoms with Gasteiger partial charge in [0.1, 0.15) is 24.6 Å². The van der Waals surface area contributed by atoms with Crippen molar-refractivity contribution < 1.29 is 34.7 Å². The molecule has 2 heterocycles. The van der Waals surface area contributed by atoms with Crippen molar-refractivity contribution in [1.82, 2.24) is 9.55 Å². The minimum absolute atomic E-state index is 0.0419. The van der Waals surface area contributed by atoms with E-state index in [1.165, 1.54) is 6.08 Å². The highest BCUT2D eigenvalue weighted by Gasteiger charge is 2.64. The molecule has 11 heteroatoms. The summed E-state index contributed by atoms with van der Waals surface area (Å²) >= 11 is 0. The molecule has 138 valence electrons. The molecule has 0 aliphatic carbocycles. The van der Waals surface area contributed by atoms with Crippen LogP contribution in [-0.4, -0.2) is 67.1 Å². The van der Waals surface area contributed by atoms with Crippen LogP contribution in [0.15, 0.2) is 29.7 Å². The maximum Gasteiger partial charge on any atom is 0.413 e. The average molecular weight is 357 g/mol. The van der Waals surface area contributed by atoms with Crippen molar-refractivity contribution in [3.05, 3.63) is 35.4 Å². The van der Waals surface area contributed by atoms with Gasteiger partial charge in [-0.05, 0) is 13.0 Å². The van der Waals surface area contributed by atoms with Gasteiger partial charge in [0.15, 0.2) is 5.60 Å². The molecule has 0 radical (unpaired) electrons. The van der Waals surface area contributed by atoms with Crippen LogP contribution in [0.3, 0.4) is 0 Å². The molecule has 25 heavy (non-hydrogen) atoms. The minimum atomic E-state index is -2.67. The van der Waals surface area contributed by atoms with E-state index in [-0.39, 0.29) is 12.4 Å². The van der Waals surface area contributed by atoms with Crippen molar-refractivity contribution >= 4 is 11.9 Å². The Labute approximate surface area is 141 Å². The van der Waals surface area contributed by atoms with E-state index in [2.05, 4.69) is 21.6 Å². The monoisotopic (exact) mass is 357 g/mol. The molecule has 0 aromatic carbocycles. The molecule has 1 amide bonds. The van der Waals surface area contributed by atoms with E-state index in [1.54, 1.807) is 0 Å². The lowest BCUT2D eigenvalue weighted by molar-refractivity contribution is -0.321. The highest BCUT2D eigenvalue weighted by atomic mass is 16.7. The topological polar surface area (TPSA) is 163 Å². The molecule has 11 nitrogen and oxygen atoms in total.